The topological polar surface area (TPSA) is 29.1 Å². The summed E-state index contributed by atoms with van der Waals surface area (Å²) in [6.45, 7) is 1.95. The molecule has 2 rings (SSSR count). The van der Waals surface area contributed by atoms with Gasteiger partial charge < -0.3 is 5.32 Å². The summed E-state index contributed by atoms with van der Waals surface area (Å²) in [7, 11) is 0. The van der Waals surface area contributed by atoms with Crippen molar-refractivity contribution in [1.29, 1.82) is 0 Å². The minimum absolute atomic E-state index is 0.107. The van der Waals surface area contributed by atoms with Crippen LogP contribution in [-0.2, 0) is 4.79 Å². The van der Waals surface area contributed by atoms with Crippen LogP contribution in [0.4, 0.5) is 5.69 Å². The summed E-state index contributed by atoms with van der Waals surface area (Å²) in [5.74, 6) is 0.217. The Hall–Kier alpha value is -1.28. The molecule has 0 aliphatic heterocycles. The Balaban J connectivity index is 2.05. The average molecular weight is 250 g/mol. The molecule has 1 atom stereocenters. The van der Waals surface area contributed by atoms with Gasteiger partial charge in [0, 0.05) is 16.6 Å². The quantitative estimate of drug-likeness (QED) is 0.791. The smallest absolute Gasteiger partial charge is 0.227 e. The molecule has 1 amide bonds. The zero-order valence-corrected chi connectivity index (χ0v) is 10.6. The van der Waals surface area contributed by atoms with Crippen LogP contribution in [0.15, 0.2) is 30.4 Å². The van der Waals surface area contributed by atoms with Crippen molar-refractivity contribution < 1.29 is 4.79 Å². The van der Waals surface area contributed by atoms with E-state index in [9.17, 15) is 4.79 Å². The van der Waals surface area contributed by atoms with Crippen LogP contribution in [0.2, 0.25) is 5.02 Å². The number of aryl methyl sites for hydroxylation is 1. The first-order valence-electron chi connectivity index (χ1n) is 5.89. The summed E-state index contributed by atoms with van der Waals surface area (Å²) in [4.78, 5) is 12.0. The molecule has 0 saturated heterocycles. The molecule has 90 valence electrons. The fourth-order valence-electron chi connectivity index (χ4n) is 2.03. The molecule has 1 aliphatic rings. The molecule has 0 saturated carbocycles. The first-order chi connectivity index (χ1) is 8.16. The lowest BCUT2D eigenvalue weighted by Crippen LogP contribution is -2.23. The van der Waals surface area contributed by atoms with Crippen molar-refractivity contribution in [2.45, 2.75) is 26.2 Å². The molecule has 3 heteroatoms. The summed E-state index contributed by atoms with van der Waals surface area (Å²) in [5, 5.41) is 3.67. The molecule has 1 aromatic carbocycles. The average Bonchev–Trinajstić information content (AvgIpc) is 2.34. The van der Waals surface area contributed by atoms with E-state index >= 15 is 0 Å². The van der Waals surface area contributed by atoms with E-state index in [-0.39, 0.29) is 11.8 Å². The molecule has 0 heterocycles. The molecular weight excluding hydrogens is 234 g/mol. The molecule has 1 aliphatic carbocycles. The van der Waals surface area contributed by atoms with E-state index in [0.29, 0.717) is 5.02 Å². The van der Waals surface area contributed by atoms with Gasteiger partial charge >= 0.3 is 0 Å². The largest absolute Gasteiger partial charge is 0.326 e. The van der Waals surface area contributed by atoms with Gasteiger partial charge in [0.05, 0.1) is 0 Å². The highest BCUT2D eigenvalue weighted by Crippen LogP contribution is 2.23. The predicted molar refractivity (Wildman–Crippen MR) is 71.3 cm³/mol. The predicted octanol–water partition coefficient (Wildman–Crippen LogP) is 3.94. The van der Waals surface area contributed by atoms with Crippen LogP contribution in [0.25, 0.3) is 0 Å². The lowest BCUT2D eigenvalue weighted by molar-refractivity contribution is -0.120. The number of carbonyl (C=O) groups excluding carboxylic acids is 1. The second-order valence-electron chi connectivity index (χ2n) is 4.43. The monoisotopic (exact) mass is 249 g/mol. The Kier molecular flexibility index (Phi) is 3.85. The SMILES string of the molecule is Cc1cc(Cl)ccc1NC(=O)[C@H]1CC=CCC1. The van der Waals surface area contributed by atoms with E-state index in [2.05, 4.69) is 17.5 Å². The van der Waals surface area contributed by atoms with Crippen molar-refractivity contribution in [3.8, 4) is 0 Å². The van der Waals surface area contributed by atoms with Gasteiger partial charge in [0.2, 0.25) is 5.91 Å². The molecule has 0 unspecified atom stereocenters. The maximum atomic E-state index is 12.0. The van der Waals surface area contributed by atoms with Crippen molar-refractivity contribution in [3.05, 3.63) is 40.9 Å². The van der Waals surface area contributed by atoms with Gasteiger partial charge in [-0.15, -0.1) is 0 Å². The van der Waals surface area contributed by atoms with Crippen LogP contribution in [0, 0.1) is 12.8 Å². The number of allylic oxidation sites excluding steroid dienone is 2. The minimum atomic E-state index is 0.107. The van der Waals surface area contributed by atoms with Crippen LogP contribution in [0.5, 0.6) is 0 Å². The van der Waals surface area contributed by atoms with Crippen molar-refractivity contribution in [2.75, 3.05) is 5.32 Å². The lowest BCUT2D eigenvalue weighted by Gasteiger charge is -2.18. The number of rotatable bonds is 2. The highest BCUT2D eigenvalue weighted by molar-refractivity contribution is 6.30. The van der Waals surface area contributed by atoms with Crippen molar-refractivity contribution in [1.82, 2.24) is 0 Å². The fraction of sp³-hybridized carbons (Fsp3) is 0.357. The van der Waals surface area contributed by atoms with Gasteiger partial charge in [-0.25, -0.2) is 0 Å². The van der Waals surface area contributed by atoms with Crippen molar-refractivity contribution in [2.24, 2.45) is 5.92 Å². The van der Waals surface area contributed by atoms with Crippen LogP contribution in [0.1, 0.15) is 24.8 Å². The molecule has 1 aromatic rings. The molecular formula is C14H16ClNO. The Morgan fingerprint density at radius 1 is 1.41 bits per heavy atom. The van der Waals surface area contributed by atoms with Crippen LogP contribution in [0.3, 0.4) is 0 Å². The van der Waals surface area contributed by atoms with Gasteiger partial charge in [-0.2, -0.15) is 0 Å². The van der Waals surface area contributed by atoms with Crippen LogP contribution < -0.4 is 5.32 Å². The highest BCUT2D eigenvalue weighted by Gasteiger charge is 2.19. The summed E-state index contributed by atoms with van der Waals surface area (Å²) >= 11 is 5.88. The standard InChI is InChI=1S/C14H16ClNO/c1-10-9-12(15)7-8-13(10)16-14(17)11-5-3-2-4-6-11/h2-3,7-9,11H,4-6H2,1H3,(H,16,17)/t11-/m0/s1. The molecule has 2 nitrogen and oxygen atoms in total. The Labute approximate surface area is 107 Å². The number of halogens is 1. The van der Waals surface area contributed by atoms with Crippen molar-refractivity contribution in [3.63, 3.8) is 0 Å². The number of anilines is 1. The number of nitrogens with one attached hydrogen (secondary N) is 1. The zero-order valence-electron chi connectivity index (χ0n) is 9.87. The second-order valence-corrected chi connectivity index (χ2v) is 4.87. The van der Waals surface area contributed by atoms with Gasteiger partial charge in [-0.1, -0.05) is 23.8 Å². The summed E-state index contributed by atoms with van der Waals surface area (Å²) < 4.78 is 0. The van der Waals surface area contributed by atoms with E-state index < -0.39 is 0 Å². The summed E-state index contributed by atoms with van der Waals surface area (Å²) in [6.07, 6.45) is 7.00. The molecule has 0 radical (unpaired) electrons. The minimum Gasteiger partial charge on any atom is -0.326 e. The molecule has 0 aromatic heterocycles. The van der Waals surface area contributed by atoms with E-state index in [0.717, 1.165) is 30.5 Å². The summed E-state index contributed by atoms with van der Waals surface area (Å²) in [6, 6.07) is 5.51. The lowest BCUT2D eigenvalue weighted by atomic mass is 9.93. The number of amides is 1. The molecule has 1 N–H and O–H groups in total. The normalized spacial score (nSPS) is 19.1. The van der Waals surface area contributed by atoms with Gasteiger partial charge in [0.15, 0.2) is 0 Å². The van der Waals surface area contributed by atoms with Gasteiger partial charge in [-0.05, 0) is 49.9 Å². The Morgan fingerprint density at radius 3 is 2.88 bits per heavy atom. The van der Waals surface area contributed by atoms with Crippen molar-refractivity contribution >= 4 is 23.2 Å². The third-order valence-corrected chi connectivity index (χ3v) is 3.32. The first-order valence-corrected chi connectivity index (χ1v) is 6.26. The van der Waals surface area contributed by atoms with Crippen LogP contribution >= 0.6 is 11.6 Å². The molecule has 0 bridgehead atoms. The number of hydrogen-bond acceptors (Lipinski definition) is 1. The van der Waals surface area contributed by atoms with Gasteiger partial charge in [0.1, 0.15) is 0 Å². The molecule has 0 fully saturated rings. The number of hydrogen-bond donors (Lipinski definition) is 1. The fourth-order valence-corrected chi connectivity index (χ4v) is 2.26. The van der Waals surface area contributed by atoms with E-state index in [1.54, 1.807) is 6.07 Å². The van der Waals surface area contributed by atoms with E-state index in [1.807, 2.05) is 19.1 Å². The number of benzene rings is 1. The van der Waals surface area contributed by atoms with Gasteiger partial charge in [-0.3, -0.25) is 4.79 Å². The first kappa shape index (κ1) is 12.2. The maximum Gasteiger partial charge on any atom is 0.227 e. The zero-order chi connectivity index (χ0) is 12.3. The number of carbonyl (C=O) groups is 1. The van der Waals surface area contributed by atoms with E-state index in [1.165, 1.54) is 0 Å². The maximum absolute atomic E-state index is 12.0. The second kappa shape index (κ2) is 5.37. The van der Waals surface area contributed by atoms with Gasteiger partial charge in [0.25, 0.3) is 0 Å². The summed E-state index contributed by atoms with van der Waals surface area (Å²) in [5.41, 5.74) is 1.85. The third-order valence-electron chi connectivity index (χ3n) is 3.09. The molecule has 0 spiro atoms. The van der Waals surface area contributed by atoms with E-state index in [4.69, 9.17) is 11.6 Å². The third kappa shape index (κ3) is 3.10. The Morgan fingerprint density at radius 2 is 2.24 bits per heavy atom. The molecule has 17 heavy (non-hydrogen) atoms. The van der Waals surface area contributed by atoms with Crippen LogP contribution in [-0.4, -0.2) is 5.91 Å². The highest BCUT2D eigenvalue weighted by atomic mass is 35.5. The Bertz CT molecular complexity index is 454.